The summed E-state index contributed by atoms with van der Waals surface area (Å²) in [5.41, 5.74) is 1.35. The smallest absolute Gasteiger partial charge is 0.159 e. The average molecular weight is 294 g/mol. The van der Waals surface area contributed by atoms with E-state index in [0.29, 0.717) is 5.56 Å². The lowest BCUT2D eigenvalue weighted by atomic mass is 10.0. The Hall–Kier alpha value is -1.39. The summed E-state index contributed by atoms with van der Waals surface area (Å²) in [6.07, 6.45) is -0.460. The van der Waals surface area contributed by atoms with Crippen LogP contribution < -0.4 is 0 Å². The summed E-state index contributed by atoms with van der Waals surface area (Å²) in [6.45, 7) is 2.08. The highest BCUT2D eigenvalue weighted by Crippen LogP contribution is 2.23. The fourth-order valence-corrected chi connectivity index (χ4v) is 2.62. The van der Waals surface area contributed by atoms with E-state index in [-0.39, 0.29) is 6.42 Å². The number of aliphatic hydroxyl groups is 1. The van der Waals surface area contributed by atoms with Gasteiger partial charge in [-0.05, 0) is 41.1 Å². The van der Waals surface area contributed by atoms with Crippen molar-refractivity contribution in [1.82, 2.24) is 0 Å². The molecule has 1 unspecified atom stereocenters. The van der Waals surface area contributed by atoms with Gasteiger partial charge in [0.1, 0.15) is 0 Å². The highest BCUT2D eigenvalue weighted by molar-refractivity contribution is 7.99. The second-order valence-corrected chi connectivity index (χ2v) is 5.81. The quantitative estimate of drug-likeness (QED) is 0.827. The van der Waals surface area contributed by atoms with Crippen LogP contribution in [0.15, 0.2) is 47.4 Å². The van der Waals surface area contributed by atoms with Crippen LogP contribution in [0.2, 0.25) is 0 Å². The maximum absolute atomic E-state index is 13.1. The summed E-state index contributed by atoms with van der Waals surface area (Å²) in [6, 6.07) is 11.3. The highest BCUT2D eigenvalue weighted by atomic mass is 32.2. The number of benzene rings is 2. The maximum Gasteiger partial charge on any atom is 0.159 e. The molecule has 0 fully saturated rings. The van der Waals surface area contributed by atoms with E-state index < -0.39 is 17.7 Å². The lowest BCUT2D eigenvalue weighted by molar-refractivity contribution is 0.178. The van der Waals surface area contributed by atoms with Crippen LogP contribution >= 0.6 is 11.8 Å². The first-order chi connectivity index (χ1) is 9.60. The number of hydrogen-bond donors (Lipinski definition) is 1. The second kappa shape index (κ2) is 6.86. The third-order valence-corrected chi connectivity index (χ3v) is 3.88. The molecule has 1 N–H and O–H groups in total. The Morgan fingerprint density at radius 3 is 2.35 bits per heavy atom. The largest absolute Gasteiger partial charge is 0.388 e. The van der Waals surface area contributed by atoms with Gasteiger partial charge in [0.2, 0.25) is 0 Å². The molecule has 0 aliphatic heterocycles. The SMILES string of the molecule is CCSc1ccc(C(O)Cc2ccc(F)c(F)c2)cc1. The van der Waals surface area contributed by atoms with Gasteiger partial charge in [-0.3, -0.25) is 0 Å². The van der Waals surface area contributed by atoms with Gasteiger partial charge >= 0.3 is 0 Å². The molecule has 0 aliphatic carbocycles. The molecule has 1 atom stereocenters. The van der Waals surface area contributed by atoms with Gasteiger partial charge in [-0.15, -0.1) is 11.8 Å². The minimum absolute atomic E-state index is 0.261. The molecule has 0 aromatic heterocycles. The minimum atomic E-state index is -0.885. The van der Waals surface area contributed by atoms with Crippen LogP contribution in [0.25, 0.3) is 0 Å². The first kappa shape index (κ1) is 15.0. The molecular weight excluding hydrogens is 278 g/mol. The van der Waals surface area contributed by atoms with Gasteiger partial charge in [0.15, 0.2) is 11.6 Å². The summed E-state index contributed by atoms with van der Waals surface area (Å²) in [4.78, 5) is 1.15. The van der Waals surface area contributed by atoms with Crippen molar-refractivity contribution in [3.8, 4) is 0 Å². The Morgan fingerprint density at radius 2 is 1.75 bits per heavy atom. The standard InChI is InChI=1S/C16H16F2OS/c1-2-20-13-6-4-12(5-7-13)16(19)10-11-3-8-14(17)15(18)9-11/h3-9,16,19H,2,10H2,1H3. The van der Waals surface area contributed by atoms with Gasteiger partial charge in [-0.2, -0.15) is 0 Å². The Balaban J connectivity index is 2.06. The minimum Gasteiger partial charge on any atom is -0.388 e. The van der Waals surface area contributed by atoms with Crippen molar-refractivity contribution in [2.24, 2.45) is 0 Å². The zero-order valence-corrected chi connectivity index (χ0v) is 12.0. The van der Waals surface area contributed by atoms with Crippen LogP contribution in [0.3, 0.4) is 0 Å². The topological polar surface area (TPSA) is 20.2 Å². The molecule has 0 saturated heterocycles. The molecule has 0 heterocycles. The molecule has 4 heteroatoms. The fraction of sp³-hybridized carbons (Fsp3) is 0.250. The van der Waals surface area contributed by atoms with Crippen molar-refractivity contribution in [1.29, 1.82) is 0 Å². The predicted molar refractivity (Wildman–Crippen MR) is 77.9 cm³/mol. The fourth-order valence-electron chi connectivity index (χ4n) is 1.96. The Kier molecular flexibility index (Phi) is 5.15. The van der Waals surface area contributed by atoms with Gasteiger partial charge < -0.3 is 5.11 Å². The number of halogens is 2. The van der Waals surface area contributed by atoms with Gasteiger partial charge in [0, 0.05) is 11.3 Å². The van der Waals surface area contributed by atoms with Crippen LogP contribution in [0, 0.1) is 11.6 Å². The van der Waals surface area contributed by atoms with Crippen molar-refractivity contribution in [3.05, 3.63) is 65.2 Å². The van der Waals surface area contributed by atoms with E-state index in [9.17, 15) is 13.9 Å². The van der Waals surface area contributed by atoms with Crippen molar-refractivity contribution in [2.45, 2.75) is 24.3 Å². The molecule has 0 amide bonds. The molecule has 0 radical (unpaired) electrons. The van der Waals surface area contributed by atoms with Crippen LogP contribution in [0.5, 0.6) is 0 Å². The summed E-state index contributed by atoms with van der Waals surface area (Å²) < 4.78 is 25.9. The van der Waals surface area contributed by atoms with Crippen LogP contribution in [-0.2, 0) is 6.42 Å². The molecule has 2 aromatic carbocycles. The lowest BCUT2D eigenvalue weighted by Gasteiger charge is -2.12. The molecule has 2 aromatic rings. The van der Waals surface area contributed by atoms with Gasteiger partial charge in [0.25, 0.3) is 0 Å². The van der Waals surface area contributed by atoms with E-state index in [2.05, 4.69) is 6.92 Å². The van der Waals surface area contributed by atoms with E-state index in [0.717, 1.165) is 28.3 Å². The van der Waals surface area contributed by atoms with Crippen molar-refractivity contribution >= 4 is 11.8 Å². The first-order valence-corrected chi connectivity index (χ1v) is 7.43. The zero-order chi connectivity index (χ0) is 14.5. The molecule has 0 saturated carbocycles. The van der Waals surface area contributed by atoms with E-state index in [1.54, 1.807) is 11.8 Å². The van der Waals surface area contributed by atoms with E-state index in [1.807, 2.05) is 24.3 Å². The maximum atomic E-state index is 13.1. The molecule has 0 bridgehead atoms. The lowest BCUT2D eigenvalue weighted by Crippen LogP contribution is -2.02. The predicted octanol–water partition coefficient (Wildman–Crippen LogP) is 4.35. The number of thioether (sulfide) groups is 1. The van der Waals surface area contributed by atoms with Crippen molar-refractivity contribution in [2.75, 3.05) is 5.75 Å². The summed E-state index contributed by atoms with van der Waals surface area (Å²) >= 11 is 1.73. The number of rotatable bonds is 5. The third-order valence-electron chi connectivity index (χ3n) is 2.99. The molecular formula is C16H16F2OS. The number of hydrogen-bond acceptors (Lipinski definition) is 2. The Morgan fingerprint density at radius 1 is 1.05 bits per heavy atom. The molecule has 0 aliphatic rings. The van der Waals surface area contributed by atoms with E-state index >= 15 is 0 Å². The second-order valence-electron chi connectivity index (χ2n) is 4.47. The van der Waals surface area contributed by atoms with Crippen LogP contribution in [0.1, 0.15) is 24.2 Å². The van der Waals surface area contributed by atoms with E-state index in [1.165, 1.54) is 6.07 Å². The zero-order valence-electron chi connectivity index (χ0n) is 11.1. The molecule has 0 spiro atoms. The van der Waals surface area contributed by atoms with Crippen LogP contribution in [0.4, 0.5) is 8.78 Å². The average Bonchev–Trinajstić information content (AvgIpc) is 2.44. The molecule has 1 nitrogen and oxygen atoms in total. The Bertz CT molecular complexity index is 569. The molecule has 20 heavy (non-hydrogen) atoms. The van der Waals surface area contributed by atoms with Gasteiger partial charge in [-0.1, -0.05) is 25.1 Å². The number of aliphatic hydroxyl groups excluding tert-OH is 1. The van der Waals surface area contributed by atoms with Crippen LogP contribution in [-0.4, -0.2) is 10.9 Å². The highest BCUT2D eigenvalue weighted by Gasteiger charge is 2.10. The molecule has 2 rings (SSSR count). The van der Waals surface area contributed by atoms with Crippen molar-refractivity contribution in [3.63, 3.8) is 0 Å². The van der Waals surface area contributed by atoms with E-state index in [4.69, 9.17) is 0 Å². The summed E-state index contributed by atoms with van der Waals surface area (Å²) in [5, 5.41) is 10.1. The van der Waals surface area contributed by atoms with Gasteiger partial charge in [0.05, 0.1) is 6.10 Å². The third kappa shape index (κ3) is 3.81. The summed E-state index contributed by atoms with van der Waals surface area (Å²) in [5.74, 6) is -0.759. The van der Waals surface area contributed by atoms with Gasteiger partial charge in [-0.25, -0.2) is 8.78 Å². The summed E-state index contributed by atoms with van der Waals surface area (Å²) in [7, 11) is 0. The monoisotopic (exact) mass is 294 g/mol. The van der Waals surface area contributed by atoms with Crippen molar-refractivity contribution < 1.29 is 13.9 Å². The first-order valence-electron chi connectivity index (χ1n) is 6.45. The normalized spacial score (nSPS) is 12.4. The molecule has 106 valence electrons. The Labute approximate surface area is 121 Å².